The highest BCUT2D eigenvalue weighted by molar-refractivity contribution is 6.31. The zero-order valence-electron chi connectivity index (χ0n) is 11.5. The van der Waals surface area contributed by atoms with Crippen molar-refractivity contribution in [1.82, 2.24) is 0 Å². The first-order chi connectivity index (χ1) is 9.58. The zero-order chi connectivity index (χ0) is 14.3. The molecule has 2 atom stereocenters. The fourth-order valence-electron chi connectivity index (χ4n) is 2.75. The van der Waals surface area contributed by atoms with E-state index in [9.17, 15) is 0 Å². The van der Waals surface area contributed by atoms with E-state index in [0.29, 0.717) is 6.61 Å². The second-order valence-electron chi connectivity index (χ2n) is 5.32. The van der Waals surface area contributed by atoms with Crippen molar-refractivity contribution in [3.63, 3.8) is 0 Å². The number of aryl methyl sites for hydroxylation is 2. The summed E-state index contributed by atoms with van der Waals surface area (Å²) in [7, 11) is 0. The highest BCUT2D eigenvalue weighted by Gasteiger charge is 2.31. The van der Waals surface area contributed by atoms with Crippen LogP contribution in [0.25, 0.3) is 0 Å². The number of hydrogen-bond acceptors (Lipinski definition) is 1. The van der Waals surface area contributed by atoms with Gasteiger partial charge in [-0.05, 0) is 42.7 Å². The van der Waals surface area contributed by atoms with Gasteiger partial charge in [-0.1, -0.05) is 35.9 Å². The molecule has 1 nitrogen and oxygen atoms in total. The molecule has 3 heteroatoms. The summed E-state index contributed by atoms with van der Waals surface area (Å²) in [5.74, 6) is 1.14. The molecule has 20 heavy (non-hydrogen) atoms. The molecule has 0 saturated heterocycles. The topological polar surface area (TPSA) is 9.23 Å². The SMILES string of the molecule is Cc1cc(C(Cl)C2COc3ccccc32)c(C)cc1Cl. The number of halogens is 2. The molecule has 104 valence electrons. The van der Waals surface area contributed by atoms with Gasteiger partial charge in [0, 0.05) is 16.5 Å². The maximum Gasteiger partial charge on any atom is 0.122 e. The van der Waals surface area contributed by atoms with Gasteiger partial charge < -0.3 is 4.74 Å². The van der Waals surface area contributed by atoms with Crippen LogP contribution in [0, 0.1) is 13.8 Å². The van der Waals surface area contributed by atoms with Gasteiger partial charge in [0.2, 0.25) is 0 Å². The van der Waals surface area contributed by atoms with Crippen molar-refractivity contribution in [2.75, 3.05) is 6.61 Å². The van der Waals surface area contributed by atoms with Crippen molar-refractivity contribution >= 4 is 23.2 Å². The molecule has 2 unspecified atom stereocenters. The predicted molar refractivity (Wildman–Crippen MR) is 84.2 cm³/mol. The highest BCUT2D eigenvalue weighted by atomic mass is 35.5. The van der Waals surface area contributed by atoms with Gasteiger partial charge in [0.25, 0.3) is 0 Å². The van der Waals surface area contributed by atoms with E-state index in [2.05, 4.69) is 19.1 Å². The lowest BCUT2D eigenvalue weighted by atomic mass is 9.90. The normalized spacial score (nSPS) is 18.5. The van der Waals surface area contributed by atoms with Gasteiger partial charge in [0.1, 0.15) is 5.75 Å². The monoisotopic (exact) mass is 306 g/mol. The molecule has 0 aromatic heterocycles. The standard InChI is InChI=1S/C17H16Cl2O/c1-10-8-15(18)11(2)7-13(10)17(19)14-9-20-16-6-4-3-5-12(14)16/h3-8,14,17H,9H2,1-2H3. The Morgan fingerprint density at radius 2 is 1.90 bits per heavy atom. The number of para-hydroxylation sites is 1. The van der Waals surface area contributed by atoms with Crippen molar-refractivity contribution in [1.29, 1.82) is 0 Å². The van der Waals surface area contributed by atoms with Crippen LogP contribution in [-0.4, -0.2) is 6.61 Å². The van der Waals surface area contributed by atoms with Crippen molar-refractivity contribution in [2.45, 2.75) is 25.1 Å². The molecular weight excluding hydrogens is 291 g/mol. The smallest absolute Gasteiger partial charge is 0.122 e. The van der Waals surface area contributed by atoms with Gasteiger partial charge in [0.15, 0.2) is 0 Å². The average molecular weight is 307 g/mol. The van der Waals surface area contributed by atoms with Crippen molar-refractivity contribution < 1.29 is 4.74 Å². The lowest BCUT2D eigenvalue weighted by Gasteiger charge is -2.20. The number of fused-ring (bicyclic) bond motifs is 1. The van der Waals surface area contributed by atoms with Crippen molar-refractivity contribution in [3.05, 3.63) is 63.7 Å². The molecular formula is C17H16Cl2O. The molecule has 0 spiro atoms. The Balaban J connectivity index is 1.98. The number of ether oxygens (including phenoxy) is 1. The lowest BCUT2D eigenvalue weighted by molar-refractivity contribution is 0.328. The minimum absolute atomic E-state index is 0.102. The molecule has 0 amide bonds. The van der Waals surface area contributed by atoms with E-state index in [1.165, 1.54) is 5.56 Å². The molecule has 2 aromatic rings. The Morgan fingerprint density at radius 3 is 2.70 bits per heavy atom. The number of alkyl halides is 1. The first kappa shape index (κ1) is 13.8. The summed E-state index contributed by atoms with van der Waals surface area (Å²) in [5.41, 5.74) is 4.52. The summed E-state index contributed by atoms with van der Waals surface area (Å²) < 4.78 is 5.74. The molecule has 0 bridgehead atoms. The molecule has 0 N–H and O–H groups in total. The van der Waals surface area contributed by atoms with Gasteiger partial charge in [-0.15, -0.1) is 11.6 Å². The summed E-state index contributed by atoms with van der Waals surface area (Å²) in [6, 6.07) is 12.2. The summed E-state index contributed by atoms with van der Waals surface area (Å²) >= 11 is 12.9. The third-order valence-electron chi connectivity index (χ3n) is 3.93. The second-order valence-corrected chi connectivity index (χ2v) is 6.19. The van der Waals surface area contributed by atoms with Crippen LogP contribution in [0.1, 0.15) is 33.5 Å². The van der Waals surface area contributed by atoms with Crippen LogP contribution in [0.4, 0.5) is 0 Å². The third-order valence-corrected chi connectivity index (χ3v) is 4.88. The van der Waals surface area contributed by atoms with Crippen LogP contribution in [-0.2, 0) is 0 Å². The van der Waals surface area contributed by atoms with Gasteiger partial charge >= 0.3 is 0 Å². The fraction of sp³-hybridized carbons (Fsp3) is 0.294. The minimum Gasteiger partial charge on any atom is -0.493 e. The Bertz CT molecular complexity index is 651. The highest BCUT2D eigenvalue weighted by Crippen LogP contribution is 2.45. The molecule has 0 aliphatic carbocycles. The van der Waals surface area contributed by atoms with Crippen LogP contribution in [0.15, 0.2) is 36.4 Å². The van der Waals surface area contributed by atoms with Gasteiger partial charge in [-0.25, -0.2) is 0 Å². The van der Waals surface area contributed by atoms with Gasteiger partial charge in [0.05, 0.1) is 12.0 Å². The van der Waals surface area contributed by atoms with E-state index >= 15 is 0 Å². The van der Waals surface area contributed by atoms with Crippen LogP contribution in [0.3, 0.4) is 0 Å². The molecule has 1 heterocycles. The Kier molecular flexibility index (Phi) is 3.66. The zero-order valence-corrected chi connectivity index (χ0v) is 13.0. The molecule has 0 saturated carbocycles. The molecule has 2 aromatic carbocycles. The van der Waals surface area contributed by atoms with Crippen LogP contribution in [0.2, 0.25) is 5.02 Å². The maximum atomic E-state index is 6.75. The van der Waals surface area contributed by atoms with Crippen LogP contribution < -0.4 is 4.74 Å². The first-order valence-corrected chi connectivity index (χ1v) is 7.52. The lowest BCUT2D eigenvalue weighted by Crippen LogP contribution is -2.09. The minimum atomic E-state index is -0.102. The van der Waals surface area contributed by atoms with Gasteiger partial charge in [-0.3, -0.25) is 0 Å². The van der Waals surface area contributed by atoms with E-state index in [-0.39, 0.29) is 11.3 Å². The fourth-order valence-corrected chi connectivity index (χ4v) is 3.41. The predicted octanol–water partition coefficient (Wildman–Crippen LogP) is 5.41. The van der Waals surface area contributed by atoms with Crippen molar-refractivity contribution in [3.8, 4) is 5.75 Å². The summed E-state index contributed by atoms with van der Waals surface area (Å²) in [5, 5.41) is 0.688. The van der Waals surface area contributed by atoms with E-state index in [0.717, 1.165) is 27.5 Å². The third kappa shape index (κ3) is 2.30. The second kappa shape index (κ2) is 5.31. The number of hydrogen-bond donors (Lipinski definition) is 0. The average Bonchev–Trinajstić information content (AvgIpc) is 2.86. The summed E-state index contributed by atoms with van der Waals surface area (Å²) in [4.78, 5) is 0. The van der Waals surface area contributed by atoms with E-state index in [1.54, 1.807) is 0 Å². The summed E-state index contributed by atoms with van der Waals surface area (Å²) in [6.07, 6.45) is 0. The van der Waals surface area contributed by atoms with E-state index in [4.69, 9.17) is 27.9 Å². The Hall–Kier alpha value is -1.18. The molecule has 3 rings (SSSR count). The maximum absolute atomic E-state index is 6.75. The van der Waals surface area contributed by atoms with Gasteiger partial charge in [-0.2, -0.15) is 0 Å². The molecule has 0 fully saturated rings. The molecule has 0 radical (unpaired) electrons. The van der Waals surface area contributed by atoms with Crippen LogP contribution in [0.5, 0.6) is 5.75 Å². The van der Waals surface area contributed by atoms with E-state index < -0.39 is 0 Å². The number of benzene rings is 2. The summed E-state index contributed by atoms with van der Waals surface area (Å²) in [6.45, 7) is 4.69. The van der Waals surface area contributed by atoms with Crippen molar-refractivity contribution in [2.24, 2.45) is 0 Å². The molecule has 1 aliphatic heterocycles. The Morgan fingerprint density at radius 1 is 1.15 bits per heavy atom. The molecule has 1 aliphatic rings. The number of rotatable bonds is 2. The van der Waals surface area contributed by atoms with Crippen LogP contribution >= 0.6 is 23.2 Å². The van der Waals surface area contributed by atoms with E-state index in [1.807, 2.05) is 31.2 Å². The quantitative estimate of drug-likeness (QED) is 0.674. The first-order valence-electron chi connectivity index (χ1n) is 6.70. The Labute approximate surface area is 129 Å². The largest absolute Gasteiger partial charge is 0.493 e.